The molecule has 0 spiro atoms. The van der Waals surface area contributed by atoms with Gasteiger partial charge in [-0.3, -0.25) is 14.5 Å². The van der Waals surface area contributed by atoms with E-state index >= 15 is 0 Å². The third-order valence-corrected chi connectivity index (χ3v) is 6.88. The predicted molar refractivity (Wildman–Crippen MR) is 146 cm³/mol. The number of benzene rings is 3. The lowest BCUT2D eigenvalue weighted by Crippen LogP contribution is -2.29. The number of thioether (sulfide) groups is 1. The first-order valence-electron chi connectivity index (χ1n) is 11.9. The van der Waals surface area contributed by atoms with Gasteiger partial charge in [-0.25, -0.2) is 0 Å². The smallest absolute Gasteiger partial charge is 0.293 e. The van der Waals surface area contributed by atoms with Crippen molar-refractivity contribution in [2.24, 2.45) is 0 Å². The Morgan fingerprint density at radius 2 is 1.72 bits per heavy atom. The van der Waals surface area contributed by atoms with Gasteiger partial charge in [-0.15, -0.1) is 0 Å². The van der Waals surface area contributed by atoms with Gasteiger partial charge in [0.05, 0.1) is 16.5 Å². The molecule has 186 valence electrons. The summed E-state index contributed by atoms with van der Waals surface area (Å²) in [5.74, 6) is 0.655. The molecule has 0 unspecified atom stereocenters. The molecule has 0 N–H and O–H groups in total. The van der Waals surface area contributed by atoms with Crippen molar-refractivity contribution in [2.75, 3.05) is 13.2 Å². The van der Waals surface area contributed by atoms with Gasteiger partial charge in [0.25, 0.3) is 11.1 Å². The number of imide groups is 1. The van der Waals surface area contributed by atoms with Crippen LogP contribution >= 0.6 is 23.4 Å². The number of carbonyl (C=O) groups is 2. The number of ether oxygens (including phenoxy) is 2. The number of carbonyl (C=O) groups excluding carboxylic acids is 2. The Morgan fingerprint density at radius 3 is 2.44 bits per heavy atom. The average molecular weight is 522 g/mol. The molecule has 1 fully saturated rings. The Hall–Kier alpha value is -3.22. The standard InChI is InChI=1S/C29H28ClNO4S/c1-3-34-25-17-23(16-24(30)27(25)35-19-22-13-11-20(2)12-14-22)18-26-28(32)31(29(33)36-26)15-7-10-21-8-5-4-6-9-21/h4-6,8-9,11-14,16-18H,3,7,10,15,19H2,1-2H3/b26-18+. The summed E-state index contributed by atoms with van der Waals surface area (Å²) in [6.45, 7) is 5.07. The molecule has 0 radical (unpaired) electrons. The second-order valence-electron chi connectivity index (χ2n) is 8.46. The van der Waals surface area contributed by atoms with Crippen LogP contribution in [0, 0.1) is 6.92 Å². The molecule has 1 heterocycles. The molecule has 0 saturated carbocycles. The molecule has 0 atom stereocenters. The van der Waals surface area contributed by atoms with Crippen LogP contribution in [0.25, 0.3) is 6.08 Å². The van der Waals surface area contributed by atoms with Crippen molar-refractivity contribution < 1.29 is 19.1 Å². The Labute approximate surface area is 221 Å². The van der Waals surface area contributed by atoms with E-state index in [4.69, 9.17) is 21.1 Å². The zero-order valence-corrected chi connectivity index (χ0v) is 21.9. The van der Waals surface area contributed by atoms with Crippen LogP contribution in [0.15, 0.2) is 71.6 Å². The third kappa shape index (κ3) is 6.50. The lowest BCUT2D eigenvalue weighted by atomic mass is 10.1. The zero-order valence-electron chi connectivity index (χ0n) is 20.3. The maximum absolute atomic E-state index is 12.9. The van der Waals surface area contributed by atoms with E-state index in [1.54, 1.807) is 18.2 Å². The summed E-state index contributed by atoms with van der Waals surface area (Å²) in [5, 5.41) is 0.120. The predicted octanol–water partition coefficient (Wildman–Crippen LogP) is 7.30. The minimum Gasteiger partial charge on any atom is -0.490 e. The van der Waals surface area contributed by atoms with Gasteiger partial charge in [0.2, 0.25) is 0 Å². The SMILES string of the molecule is CCOc1cc(/C=C2/SC(=O)N(CCCc3ccccc3)C2=O)cc(Cl)c1OCc1ccc(C)cc1. The lowest BCUT2D eigenvalue weighted by molar-refractivity contribution is -0.122. The summed E-state index contributed by atoms with van der Waals surface area (Å²) >= 11 is 7.51. The molecule has 3 aromatic rings. The Kier molecular flexibility index (Phi) is 8.73. The molecule has 4 rings (SSSR count). The lowest BCUT2D eigenvalue weighted by Gasteiger charge is -2.15. The highest BCUT2D eigenvalue weighted by Crippen LogP contribution is 2.39. The fourth-order valence-corrected chi connectivity index (χ4v) is 4.98. The fraction of sp³-hybridized carbons (Fsp3) is 0.241. The third-order valence-electron chi connectivity index (χ3n) is 5.70. The van der Waals surface area contributed by atoms with Gasteiger partial charge in [-0.05, 0) is 73.4 Å². The second kappa shape index (κ2) is 12.2. The molecule has 5 nitrogen and oxygen atoms in total. The van der Waals surface area contributed by atoms with Gasteiger partial charge in [-0.2, -0.15) is 0 Å². The monoisotopic (exact) mass is 521 g/mol. The van der Waals surface area contributed by atoms with Crippen molar-refractivity contribution in [3.63, 3.8) is 0 Å². The van der Waals surface area contributed by atoms with Crippen molar-refractivity contribution in [1.82, 2.24) is 4.90 Å². The highest BCUT2D eigenvalue weighted by Gasteiger charge is 2.34. The van der Waals surface area contributed by atoms with Gasteiger partial charge < -0.3 is 9.47 Å². The van der Waals surface area contributed by atoms with Gasteiger partial charge in [0, 0.05) is 6.54 Å². The average Bonchev–Trinajstić information content (AvgIpc) is 3.13. The van der Waals surface area contributed by atoms with Crippen LogP contribution in [0.1, 0.15) is 35.6 Å². The molecular weight excluding hydrogens is 494 g/mol. The number of nitrogens with zero attached hydrogens (tertiary/aromatic N) is 1. The maximum Gasteiger partial charge on any atom is 0.293 e. The maximum atomic E-state index is 12.9. The number of rotatable bonds is 10. The molecule has 0 bridgehead atoms. The number of aryl methyl sites for hydroxylation is 2. The summed E-state index contributed by atoms with van der Waals surface area (Å²) in [4.78, 5) is 27.1. The van der Waals surface area contributed by atoms with E-state index in [0.717, 1.165) is 23.7 Å². The first-order chi connectivity index (χ1) is 17.4. The topological polar surface area (TPSA) is 55.8 Å². The van der Waals surface area contributed by atoms with Crippen LogP contribution in [0.3, 0.4) is 0 Å². The molecule has 0 aliphatic carbocycles. The minimum absolute atomic E-state index is 0.256. The van der Waals surface area contributed by atoms with E-state index in [1.165, 1.54) is 16.0 Å². The Balaban J connectivity index is 1.46. The Bertz CT molecular complexity index is 1260. The molecule has 36 heavy (non-hydrogen) atoms. The number of hydrogen-bond donors (Lipinski definition) is 0. The van der Waals surface area contributed by atoms with Crippen molar-refractivity contribution in [2.45, 2.75) is 33.3 Å². The molecule has 1 aliphatic heterocycles. The van der Waals surface area contributed by atoms with E-state index < -0.39 is 0 Å². The number of hydrogen-bond acceptors (Lipinski definition) is 5. The van der Waals surface area contributed by atoms with Crippen molar-refractivity contribution in [3.8, 4) is 11.5 Å². The molecular formula is C29H28ClNO4S. The van der Waals surface area contributed by atoms with Crippen LogP contribution in [0.4, 0.5) is 4.79 Å². The minimum atomic E-state index is -0.285. The number of amides is 2. The summed E-state index contributed by atoms with van der Waals surface area (Å²) in [6, 6.07) is 21.6. The first-order valence-corrected chi connectivity index (χ1v) is 13.1. The van der Waals surface area contributed by atoms with Crippen molar-refractivity contribution >= 4 is 40.6 Å². The number of halogens is 1. The van der Waals surface area contributed by atoms with E-state index in [-0.39, 0.29) is 11.1 Å². The van der Waals surface area contributed by atoms with Crippen LogP contribution in [0.5, 0.6) is 11.5 Å². The molecule has 2 amide bonds. The van der Waals surface area contributed by atoms with Crippen LogP contribution in [0.2, 0.25) is 5.02 Å². The summed E-state index contributed by atoms with van der Waals surface area (Å²) in [6.07, 6.45) is 3.20. The summed E-state index contributed by atoms with van der Waals surface area (Å²) in [7, 11) is 0. The van der Waals surface area contributed by atoms with Gasteiger partial charge in [-0.1, -0.05) is 71.8 Å². The van der Waals surface area contributed by atoms with E-state index in [9.17, 15) is 9.59 Å². The quantitative estimate of drug-likeness (QED) is 0.262. The van der Waals surface area contributed by atoms with Gasteiger partial charge in [0.15, 0.2) is 11.5 Å². The normalized spacial score (nSPS) is 14.5. The van der Waals surface area contributed by atoms with Crippen LogP contribution < -0.4 is 9.47 Å². The van der Waals surface area contributed by atoms with E-state index in [2.05, 4.69) is 0 Å². The molecule has 1 aliphatic rings. The summed E-state index contributed by atoms with van der Waals surface area (Å²) in [5.41, 5.74) is 4.05. The summed E-state index contributed by atoms with van der Waals surface area (Å²) < 4.78 is 11.8. The molecule has 1 saturated heterocycles. The molecule has 0 aromatic heterocycles. The Morgan fingerprint density at radius 1 is 0.972 bits per heavy atom. The van der Waals surface area contributed by atoms with Gasteiger partial charge >= 0.3 is 0 Å². The fourth-order valence-electron chi connectivity index (χ4n) is 3.84. The van der Waals surface area contributed by atoms with E-state index in [0.29, 0.717) is 53.2 Å². The van der Waals surface area contributed by atoms with Crippen molar-refractivity contribution in [1.29, 1.82) is 0 Å². The molecule has 3 aromatic carbocycles. The van der Waals surface area contributed by atoms with E-state index in [1.807, 2.05) is 68.4 Å². The van der Waals surface area contributed by atoms with Crippen LogP contribution in [-0.4, -0.2) is 29.2 Å². The zero-order chi connectivity index (χ0) is 25.5. The first kappa shape index (κ1) is 25.9. The second-order valence-corrected chi connectivity index (χ2v) is 9.86. The molecule has 7 heteroatoms. The highest BCUT2D eigenvalue weighted by molar-refractivity contribution is 8.18. The van der Waals surface area contributed by atoms with Crippen LogP contribution in [-0.2, 0) is 17.8 Å². The largest absolute Gasteiger partial charge is 0.490 e. The van der Waals surface area contributed by atoms with Gasteiger partial charge in [0.1, 0.15) is 6.61 Å². The highest BCUT2D eigenvalue weighted by atomic mass is 35.5. The van der Waals surface area contributed by atoms with Crippen molar-refractivity contribution in [3.05, 3.63) is 98.9 Å².